The lowest BCUT2D eigenvalue weighted by Crippen LogP contribution is -2.03. The molecule has 1 aromatic rings. The largest absolute Gasteiger partial charge is 0.388 e. The van der Waals surface area contributed by atoms with Crippen LogP contribution in [0.4, 0.5) is 4.39 Å². The SMILES string of the molecule is [N-]=[N+]=NC[C@@H](O)c1cc(Br)ccc1F. The maximum atomic E-state index is 13.1. The van der Waals surface area contributed by atoms with E-state index in [0.717, 1.165) is 0 Å². The van der Waals surface area contributed by atoms with Gasteiger partial charge in [0.1, 0.15) is 5.82 Å². The number of nitrogens with zero attached hydrogens (tertiary/aromatic N) is 3. The molecule has 0 saturated carbocycles. The summed E-state index contributed by atoms with van der Waals surface area (Å²) in [7, 11) is 0. The van der Waals surface area contributed by atoms with Crippen LogP contribution in [-0.4, -0.2) is 11.7 Å². The van der Waals surface area contributed by atoms with Crippen LogP contribution in [0.15, 0.2) is 27.8 Å². The van der Waals surface area contributed by atoms with E-state index < -0.39 is 11.9 Å². The molecule has 4 nitrogen and oxygen atoms in total. The molecule has 0 fully saturated rings. The zero-order valence-electron chi connectivity index (χ0n) is 7.06. The summed E-state index contributed by atoms with van der Waals surface area (Å²) in [4.78, 5) is 2.48. The van der Waals surface area contributed by atoms with Gasteiger partial charge < -0.3 is 5.11 Å². The number of hydrogen-bond acceptors (Lipinski definition) is 2. The first kappa shape index (κ1) is 11.0. The zero-order valence-corrected chi connectivity index (χ0v) is 8.65. The fourth-order valence-corrected chi connectivity index (χ4v) is 1.36. The van der Waals surface area contributed by atoms with Gasteiger partial charge in [-0.3, -0.25) is 0 Å². The lowest BCUT2D eigenvalue weighted by atomic mass is 10.1. The second-order valence-corrected chi connectivity index (χ2v) is 3.51. The molecule has 0 spiro atoms. The summed E-state index contributed by atoms with van der Waals surface area (Å²) in [5.74, 6) is -0.520. The highest BCUT2D eigenvalue weighted by molar-refractivity contribution is 9.10. The minimum atomic E-state index is -1.11. The van der Waals surface area contributed by atoms with Crippen molar-refractivity contribution < 1.29 is 9.50 Å². The van der Waals surface area contributed by atoms with Gasteiger partial charge in [-0.15, -0.1) is 0 Å². The number of hydrogen-bond donors (Lipinski definition) is 1. The Bertz CT molecular complexity index is 379. The van der Waals surface area contributed by atoms with Gasteiger partial charge in [0.2, 0.25) is 0 Å². The molecule has 14 heavy (non-hydrogen) atoms. The zero-order chi connectivity index (χ0) is 10.6. The molecule has 1 rings (SSSR count). The second kappa shape index (κ2) is 4.95. The lowest BCUT2D eigenvalue weighted by Gasteiger charge is -2.08. The van der Waals surface area contributed by atoms with Gasteiger partial charge in [-0.1, -0.05) is 21.0 Å². The molecule has 0 heterocycles. The number of rotatable bonds is 3. The molecule has 0 aliphatic carbocycles. The molecule has 0 bridgehead atoms. The highest BCUT2D eigenvalue weighted by Gasteiger charge is 2.11. The van der Waals surface area contributed by atoms with E-state index in [-0.39, 0.29) is 12.1 Å². The van der Waals surface area contributed by atoms with Crippen LogP contribution < -0.4 is 0 Å². The van der Waals surface area contributed by atoms with E-state index in [4.69, 9.17) is 5.53 Å². The predicted molar refractivity (Wildman–Crippen MR) is 53.1 cm³/mol. The van der Waals surface area contributed by atoms with E-state index >= 15 is 0 Å². The van der Waals surface area contributed by atoms with Crippen LogP contribution >= 0.6 is 15.9 Å². The fourth-order valence-electron chi connectivity index (χ4n) is 0.982. The highest BCUT2D eigenvalue weighted by Crippen LogP contribution is 2.21. The van der Waals surface area contributed by atoms with Crippen molar-refractivity contribution in [2.75, 3.05) is 6.54 Å². The third-order valence-corrected chi connectivity index (χ3v) is 2.13. The normalized spacial score (nSPS) is 11.9. The number of aliphatic hydroxyl groups is 1. The Morgan fingerprint density at radius 2 is 2.36 bits per heavy atom. The number of benzene rings is 1. The molecule has 0 aliphatic rings. The third kappa shape index (κ3) is 2.70. The van der Waals surface area contributed by atoms with Crippen LogP contribution in [0.3, 0.4) is 0 Å². The molecule has 0 unspecified atom stereocenters. The minimum absolute atomic E-state index is 0.117. The average molecular weight is 260 g/mol. The Hall–Kier alpha value is -1.10. The first-order chi connectivity index (χ1) is 6.65. The van der Waals surface area contributed by atoms with Crippen molar-refractivity contribution in [2.45, 2.75) is 6.10 Å². The van der Waals surface area contributed by atoms with Crippen molar-refractivity contribution in [3.63, 3.8) is 0 Å². The topological polar surface area (TPSA) is 69.0 Å². The van der Waals surface area contributed by atoms with Crippen LogP contribution in [0.2, 0.25) is 0 Å². The summed E-state index contributed by atoms with van der Waals surface area (Å²) in [5, 5.41) is 12.6. The first-order valence-corrected chi connectivity index (χ1v) is 4.58. The molecule has 6 heteroatoms. The average Bonchev–Trinajstić information content (AvgIpc) is 2.18. The number of aliphatic hydroxyl groups excluding tert-OH is 1. The van der Waals surface area contributed by atoms with E-state index in [0.29, 0.717) is 4.47 Å². The summed E-state index contributed by atoms with van der Waals surface area (Å²) in [6.07, 6.45) is -1.11. The van der Waals surface area contributed by atoms with Gasteiger partial charge in [-0.2, -0.15) is 0 Å². The third-order valence-electron chi connectivity index (χ3n) is 1.63. The Morgan fingerprint density at radius 3 is 3.00 bits per heavy atom. The van der Waals surface area contributed by atoms with Crippen LogP contribution in [-0.2, 0) is 0 Å². The van der Waals surface area contributed by atoms with E-state index in [1.165, 1.54) is 18.2 Å². The fraction of sp³-hybridized carbons (Fsp3) is 0.250. The van der Waals surface area contributed by atoms with Crippen molar-refractivity contribution in [1.82, 2.24) is 0 Å². The van der Waals surface area contributed by atoms with E-state index in [1.54, 1.807) is 0 Å². The first-order valence-electron chi connectivity index (χ1n) is 3.79. The highest BCUT2D eigenvalue weighted by atomic mass is 79.9. The molecule has 0 aliphatic heterocycles. The van der Waals surface area contributed by atoms with E-state index in [9.17, 15) is 9.50 Å². The Labute approximate surface area is 88.1 Å². The van der Waals surface area contributed by atoms with Gasteiger partial charge in [0.25, 0.3) is 0 Å². The second-order valence-electron chi connectivity index (χ2n) is 2.60. The molecule has 74 valence electrons. The van der Waals surface area contributed by atoms with Crippen LogP contribution in [0, 0.1) is 5.82 Å². The molecular weight excluding hydrogens is 253 g/mol. The van der Waals surface area contributed by atoms with Crippen molar-refractivity contribution in [1.29, 1.82) is 0 Å². The number of halogens is 2. The molecule has 0 radical (unpaired) electrons. The quantitative estimate of drug-likeness (QED) is 0.506. The van der Waals surface area contributed by atoms with E-state index in [1.807, 2.05) is 0 Å². The Balaban J connectivity index is 2.93. The van der Waals surface area contributed by atoms with Gasteiger partial charge in [0, 0.05) is 14.9 Å². The molecule has 1 aromatic carbocycles. The number of azide groups is 1. The summed E-state index contributed by atoms with van der Waals surface area (Å²) >= 11 is 3.15. The van der Waals surface area contributed by atoms with Crippen molar-refractivity contribution in [2.24, 2.45) is 5.11 Å². The summed E-state index contributed by atoms with van der Waals surface area (Å²) < 4.78 is 13.8. The van der Waals surface area contributed by atoms with Crippen LogP contribution in [0.5, 0.6) is 0 Å². The van der Waals surface area contributed by atoms with Gasteiger partial charge in [-0.25, -0.2) is 4.39 Å². The van der Waals surface area contributed by atoms with Gasteiger partial charge in [-0.05, 0) is 23.7 Å². The van der Waals surface area contributed by atoms with Gasteiger partial charge >= 0.3 is 0 Å². The maximum Gasteiger partial charge on any atom is 0.129 e. The molecule has 1 N–H and O–H groups in total. The van der Waals surface area contributed by atoms with E-state index in [2.05, 4.69) is 26.0 Å². The molecule has 0 amide bonds. The van der Waals surface area contributed by atoms with Gasteiger partial charge in [0.15, 0.2) is 0 Å². The summed E-state index contributed by atoms with van der Waals surface area (Å²) in [5.41, 5.74) is 8.15. The van der Waals surface area contributed by atoms with Crippen molar-refractivity contribution >= 4 is 15.9 Å². The van der Waals surface area contributed by atoms with Gasteiger partial charge in [0.05, 0.1) is 12.6 Å². The molecule has 1 atom stereocenters. The smallest absolute Gasteiger partial charge is 0.129 e. The standard InChI is InChI=1S/C8H7BrFN3O/c9-5-1-2-7(10)6(3-5)8(14)4-12-13-11/h1-3,8,14H,4H2/t8-/m1/s1. The summed E-state index contributed by atoms with van der Waals surface area (Å²) in [6, 6.07) is 4.21. The van der Waals surface area contributed by atoms with Crippen LogP contribution in [0.25, 0.3) is 10.4 Å². The molecule has 0 aromatic heterocycles. The molecular formula is C8H7BrFN3O. The Morgan fingerprint density at radius 1 is 1.64 bits per heavy atom. The predicted octanol–water partition coefficient (Wildman–Crippen LogP) is 2.93. The lowest BCUT2D eigenvalue weighted by molar-refractivity contribution is 0.182. The minimum Gasteiger partial charge on any atom is -0.388 e. The maximum absolute atomic E-state index is 13.1. The van der Waals surface area contributed by atoms with Crippen molar-refractivity contribution in [3.8, 4) is 0 Å². The summed E-state index contributed by atoms with van der Waals surface area (Å²) in [6.45, 7) is -0.177. The molecule has 0 saturated heterocycles. The van der Waals surface area contributed by atoms with Crippen molar-refractivity contribution in [3.05, 3.63) is 44.5 Å². The monoisotopic (exact) mass is 259 g/mol. The van der Waals surface area contributed by atoms with Crippen LogP contribution in [0.1, 0.15) is 11.7 Å². The Kier molecular flexibility index (Phi) is 3.88.